The molecule has 0 aliphatic carbocycles. The maximum absolute atomic E-state index is 12.9. The predicted octanol–water partition coefficient (Wildman–Crippen LogP) is 6.13. The molecule has 3 heterocycles. The molecule has 1 unspecified atom stereocenters. The van der Waals surface area contributed by atoms with Crippen LogP contribution in [0.5, 0.6) is 0 Å². The lowest BCUT2D eigenvalue weighted by Crippen LogP contribution is -2.57. The molecule has 2 aromatic heterocycles. The average molecular weight is 512 g/mol. The van der Waals surface area contributed by atoms with Crippen molar-refractivity contribution in [3.63, 3.8) is 0 Å². The van der Waals surface area contributed by atoms with E-state index in [0.29, 0.717) is 11.3 Å². The quantitative estimate of drug-likeness (QED) is 0.309. The predicted molar refractivity (Wildman–Crippen MR) is 151 cm³/mol. The molecule has 1 aliphatic heterocycles. The Balaban J connectivity index is 1.55. The van der Waals surface area contributed by atoms with E-state index in [1.54, 1.807) is 23.7 Å². The van der Waals surface area contributed by atoms with E-state index in [1.165, 1.54) is 16.7 Å². The van der Waals surface area contributed by atoms with Gasteiger partial charge in [0, 0.05) is 43.3 Å². The SMILES string of the molecule is [C-]#[N+]c1ccc2c(n1)c(N1C[C@@H](C)N(C(c3ccc(C)cc3)c3ccc(Cl)cc3)C[C@@H]1C)cc(=O)n2C. The van der Waals surface area contributed by atoms with Crippen molar-refractivity contribution < 1.29 is 0 Å². The van der Waals surface area contributed by atoms with Crippen molar-refractivity contribution in [3.05, 3.63) is 110 Å². The number of hydrogen-bond donors (Lipinski definition) is 0. The van der Waals surface area contributed by atoms with Gasteiger partial charge in [0.15, 0.2) is 0 Å². The highest BCUT2D eigenvalue weighted by molar-refractivity contribution is 6.30. The molecule has 0 N–H and O–H groups in total. The van der Waals surface area contributed by atoms with Gasteiger partial charge in [0.2, 0.25) is 5.52 Å². The molecule has 3 atom stereocenters. The molecule has 2 aromatic carbocycles. The van der Waals surface area contributed by atoms with Gasteiger partial charge in [-0.05, 0) is 56.2 Å². The van der Waals surface area contributed by atoms with Crippen LogP contribution in [-0.2, 0) is 7.05 Å². The molecule has 4 aromatic rings. The molecule has 37 heavy (non-hydrogen) atoms. The van der Waals surface area contributed by atoms with Crippen molar-refractivity contribution >= 4 is 34.1 Å². The first-order valence-corrected chi connectivity index (χ1v) is 12.9. The van der Waals surface area contributed by atoms with Crippen LogP contribution < -0.4 is 10.5 Å². The minimum atomic E-state index is -0.0826. The van der Waals surface area contributed by atoms with Gasteiger partial charge >= 0.3 is 0 Å². The highest BCUT2D eigenvalue weighted by Crippen LogP contribution is 2.36. The molecule has 5 rings (SSSR count). The van der Waals surface area contributed by atoms with Crippen LogP contribution in [0.1, 0.15) is 36.6 Å². The van der Waals surface area contributed by atoms with Gasteiger partial charge in [0.1, 0.15) is 0 Å². The number of anilines is 1. The number of pyridine rings is 2. The van der Waals surface area contributed by atoms with Gasteiger partial charge in [-0.2, -0.15) is 0 Å². The Hall–Kier alpha value is -3.66. The molecule has 0 saturated carbocycles. The molecule has 6 nitrogen and oxygen atoms in total. The molecule has 1 fully saturated rings. The second-order valence-corrected chi connectivity index (χ2v) is 10.4. The van der Waals surface area contributed by atoms with E-state index in [2.05, 4.69) is 76.8 Å². The van der Waals surface area contributed by atoms with Gasteiger partial charge in [-0.1, -0.05) is 60.1 Å². The first-order chi connectivity index (χ1) is 17.8. The third-order valence-corrected chi connectivity index (χ3v) is 7.67. The number of nitrogens with zero attached hydrogens (tertiary/aromatic N) is 5. The number of halogens is 1. The zero-order valence-corrected chi connectivity index (χ0v) is 22.3. The Morgan fingerprint density at radius 2 is 1.62 bits per heavy atom. The van der Waals surface area contributed by atoms with Gasteiger partial charge in [0.25, 0.3) is 11.4 Å². The maximum Gasteiger partial charge on any atom is 0.270 e. The summed E-state index contributed by atoms with van der Waals surface area (Å²) >= 11 is 6.23. The zero-order valence-electron chi connectivity index (χ0n) is 21.5. The molecule has 0 amide bonds. The van der Waals surface area contributed by atoms with Crippen LogP contribution in [0.25, 0.3) is 15.9 Å². The summed E-state index contributed by atoms with van der Waals surface area (Å²) in [5, 5.41) is 0.724. The second-order valence-electron chi connectivity index (χ2n) is 9.99. The molecule has 0 radical (unpaired) electrons. The van der Waals surface area contributed by atoms with Crippen LogP contribution >= 0.6 is 11.6 Å². The van der Waals surface area contributed by atoms with Crippen molar-refractivity contribution in [2.24, 2.45) is 7.05 Å². The molecule has 188 valence electrons. The molecule has 0 spiro atoms. The molecule has 1 saturated heterocycles. The molecular weight excluding hydrogens is 482 g/mol. The van der Waals surface area contributed by atoms with Gasteiger partial charge < -0.3 is 14.3 Å². The van der Waals surface area contributed by atoms with E-state index in [9.17, 15) is 4.79 Å². The summed E-state index contributed by atoms with van der Waals surface area (Å²) in [6.07, 6.45) is 0. The monoisotopic (exact) mass is 511 g/mol. The smallest absolute Gasteiger partial charge is 0.270 e. The van der Waals surface area contributed by atoms with Gasteiger partial charge in [-0.3, -0.25) is 9.69 Å². The Morgan fingerprint density at radius 3 is 2.27 bits per heavy atom. The van der Waals surface area contributed by atoms with Crippen molar-refractivity contribution in [1.82, 2.24) is 14.5 Å². The van der Waals surface area contributed by atoms with Crippen LogP contribution in [0.2, 0.25) is 5.02 Å². The Morgan fingerprint density at radius 1 is 0.973 bits per heavy atom. The maximum atomic E-state index is 12.9. The normalized spacial score (nSPS) is 19.1. The highest BCUT2D eigenvalue weighted by atomic mass is 35.5. The second kappa shape index (κ2) is 10.0. The van der Waals surface area contributed by atoms with Crippen molar-refractivity contribution in [2.75, 3.05) is 18.0 Å². The van der Waals surface area contributed by atoms with E-state index in [-0.39, 0.29) is 23.7 Å². The Labute approximate surface area is 222 Å². The first kappa shape index (κ1) is 25.0. The standard InChI is InChI=1S/C30H30ClN5O/c1-19-6-8-22(9-7-19)30(23-10-12-24(31)13-11-23)36-18-20(2)35(17-21(36)3)26-16-28(37)34(5)25-14-15-27(32-4)33-29(25)26/h6-16,20-21,30H,17-18H2,1-3,5H3/t20-,21+,30?/m0/s1. The number of aromatic nitrogens is 2. The van der Waals surface area contributed by atoms with Gasteiger partial charge in [0.05, 0.1) is 17.2 Å². The minimum Gasteiger partial charge on any atom is -0.362 e. The van der Waals surface area contributed by atoms with E-state index in [4.69, 9.17) is 18.2 Å². The van der Waals surface area contributed by atoms with Crippen molar-refractivity contribution in [3.8, 4) is 0 Å². The van der Waals surface area contributed by atoms with Crippen LogP contribution in [-0.4, -0.2) is 39.6 Å². The largest absolute Gasteiger partial charge is 0.362 e. The number of fused-ring (bicyclic) bond motifs is 1. The summed E-state index contributed by atoms with van der Waals surface area (Å²) in [5.74, 6) is 0.328. The average Bonchev–Trinajstić information content (AvgIpc) is 2.90. The summed E-state index contributed by atoms with van der Waals surface area (Å²) in [6, 6.07) is 22.4. The van der Waals surface area contributed by atoms with E-state index < -0.39 is 0 Å². The van der Waals surface area contributed by atoms with Crippen molar-refractivity contribution in [1.29, 1.82) is 0 Å². The Kier molecular flexibility index (Phi) is 6.76. The topological polar surface area (TPSA) is 45.7 Å². The molecular formula is C30H30ClN5O. The van der Waals surface area contributed by atoms with E-state index >= 15 is 0 Å². The van der Waals surface area contributed by atoms with E-state index in [1.807, 2.05) is 18.2 Å². The summed E-state index contributed by atoms with van der Waals surface area (Å²) in [4.78, 5) is 25.8. The summed E-state index contributed by atoms with van der Waals surface area (Å²) in [5.41, 5.74) is 5.80. The van der Waals surface area contributed by atoms with Crippen LogP contribution in [0, 0.1) is 13.5 Å². The lowest BCUT2D eigenvalue weighted by molar-refractivity contribution is 0.130. The summed E-state index contributed by atoms with van der Waals surface area (Å²) in [7, 11) is 1.75. The number of hydrogen-bond acceptors (Lipinski definition) is 4. The molecule has 1 aliphatic rings. The van der Waals surface area contributed by atoms with Gasteiger partial charge in [-0.25, -0.2) is 0 Å². The van der Waals surface area contributed by atoms with E-state index in [0.717, 1.165) is 29.3 Å². The Bertz CT molecular complexity index is 1490. The number of benzene rings is 2. The molecule has 0 bridgehead atoms. The first-order valence-electron chi connectivity index (χ1n) is 12.5. The fourth-order valence-corrected chi connectivity index (χ4v) is 5.53. The number of piperazine rings is 1. The fourth-order valence-electron chi connectivity index (χ4n) is 5.40. The fraction of sp³-hybridized carbons (Fsp3) is 0.300. The van der Waals surface area contributed by atoms with Crippen LogP contribution in [0.4, 0.5) is 11.5 Å². The van der Waals surface area contributed by atoms with Gasteiger partial charge in [-0.15, -0.1) is 4.98 Å². The summed E-state index contributed by atoms with van der Waals surface area (Å²) < 4.78 is 1.60. The lowest BCUT2D eigenvalue weighted by atomic mass is 9.93. The minimum absolute atomic E-state index is 0.0738. The van der Waals surface area contributed by atoms with Crippen LogP contribution in [0.15, 0.2) is 71.5 Å². The lowest BCUT2D eigenvalue weighted by Gasteiger charge is -2.48. The summed E-state index contributed by atoms with van der Waals surface area (Å²) in [6.45, 7) is 15.5. The van der Waals surface area contributed by atoms with Crippen LogP contribution in [0.3, 0.4) is 0 Å². The third-order valence-electron chi connectivity index (χ3n) is 7.42. The van der Waals surface area contributed by atoms with Crippen molar-refractivity contribution in [2.45, 2.75) is 38.9 Å². The zero-order chi connectivity index (χ0) is 26.3. The number of aryl methyl sites for hydroxylation is 2. The third kappa shape index (κ3) is 4.73. The highest BCUT2D eigenvalue weighted by Gasteiger charge is 2.36. The molecule has 7 heteroatoms. The number of rotatable bonds is 4.